The molecule has 0 amide bonds. The smallest absolute Gasteiger partial charge is 0.0602 e. The molecule has 0 spiro atoms. The molecule has 2 nitrogen and oxygen atoms in total. The van der Waals surface area contributed by atoms with Crippen LogP contribution in [0.3, 0.4) is 0 Å². The van der Waals surface area contributed by atoms with Gasteiger partial charge in [0.15, 0.2) is 0 Å². The maximum absolute atomic E-state index is 6.12. The second-order valence-electron chi connectivity index (χ2n) is 4.00. The molecule has 0 aromatic carbocycles. The Hall–Kier alpha value is -1.15. The summed E-state index contributed by atoms with van der Waals surface area (Å²) in [6.45, 7) is 8.05. The van der Waals surface area contributed by atoms with Crippen molar-refractivity contribution in [2.75, 3.05) is 0 Å². The SMILES string of the molecule is C=C(C)CCC(N)c1ncccc1CC. The van der Waals surface area contributed by atoms with Gasteiger partial charge in [-0.05, 0) is 37.8 Å². The maximum atomic E-state index is 6.12. The highest BCUT2D eigenvalue weighted by Crippen LogP contribution is 2.19. The molecule has 0 aliphatic carbocycles. The van der Waals surface area contributed by atoms with Crippen LogP contribution in [-0.2, 0) is 6.42 Å². The maximum Gasteiger partial charge on any atom is 0.0602 e. The zero-order valence-electron chi connectivity index (χ0n) is 9.66. The number of pyridine rings is 1. The summed E-state index contributed by atoms with van der Waals surface area (Å²) in [6, 6.07) is 4.11. The van der Waals surface area contributed by atoms with E-state index in [0.29, 0.717) is 0 Å². The predicted molar refractivity (Wildman–Crippen MR) is 64.6 cm³/mol. The third-order valence-electron chi connectivity index (χ3n) is 2.54. The molecule has 1 heterocycles. The normalized spacial score (nSPS) is 12.5. The van der Waals surface area contributed by atoms with Crippen molar-refractivity contribution in [3.8, 4) is 0 Å². The Bertz CT molecular complexity index is 331. The third-order valence-corrected chi connectivity index (χ3v) is 2.54. The standard InChI is InChI=1S/C13H20N2/c1-4-11-6-5-9-15-13(11)12(14)8-7-10(2)3/h5-6,9,12H,2,4,7-8,14H2,1,3H3. The van der Waals surface area contributed by atoms with Gasteiger partial charge >= 0.3 is 0 Å². The second-order valence-corrected chi connectivity index (χ2v) is 4.00. The van der Waals surface area contributed by atoms with Crippen molar-refractivity contribution >= 4 is 0 Å². The van der Waals surface area contributed by atoms with Gasteiger partial charge in [-0.3, -0.25) is 4.98 Å². The molecule has 0 fully saturated rings. The van der Waals surface area contributed by atoms with Gasteiger partial charge in [0.2, 0.25) is 0 Å². The van der Waals surface area contributed by atoms with Gasteiger partial charge in [-0.2, -0.15) is 0 Å². The number of hydrogen-bond acceptors (Lipinski definition) is 2. The average Bonchev–Trinajstić information content (AvgIpc) is 2.25. The van der Waals surface area contributed by atoms with Crippen LogP contribution in [0.1, 0.15) is 44.0 Å². The van der Waals surface area contributed by atoms with Crippen molar-refractivity contribution in [2.45, 2.75) is 39.2 Å². The molecule has 2 heteroatoms. The van der Waals surface area contributed by atoms with Crippen molar-refractivity contribution in [3.63, 3.8) is 0 Å². The number of hydrogen-bond donors (Lipinski definition) is 1. The van der Waals surface area contributed by atoms with Crippen LogP contribution in [0.2, 0.25) is 0 Å². The van der Waals surface area contributed by atoms with Crippen LogP contribution in [0.5, 0.6) is 0 Å². The summed E-state index contributed by atoms with van der Waals surface area (Å²) in [5.74, 6) is 0. The minimum atomic E-state index is 0.0397. The fraction of sp³-hybridized carbons (Fsp3) is 0.462. The minimum Gasteiger partial charge on any atom is -0.323 e. The lowest BCUT2D eigenvalue weighted by molar-refractivity contribution is 0.624. The van der Waals surface area contributed by atoms with Gasteiger partial charge in [0.05, 0.1) is 5.69 Å². The van der Waals surface area contributed by atoms with E-state index >= 15 is 0 Å². The fourth-order valence-electron chi connectivity index (χ4n) is 1.62. The zero-order chi connectivity index (χ0) is 11.3. The monoisotopic (exact) mass is 204 g/mol. The first-order valence-corrected chi connectivity index (χ1v) is 5.49. The number of aromatic nitrogens is 1. The number of allylic oxidation sites excluding steroid dienone is 1. The van der Waals surface area contributed by atoms with Crippen molar-refractivity contribution in [2.24, 2.45) is 5.73 Å². The Labute approximate surface area is 92.2 Å². The van der Waals surface area contributed by atoms with Crippen molar-refractivity contribution in [3.05, 3.63) is 41.7 Å². The molecule has 2 N–H and O–H groups in total. The van der Waals surface area contributed by atoms with Gasteiger partial charge in [-0.15, -0.1) is 6.58 Å². The number of aryl methyl sites for hydroxylation is 1. The van der Waals surface area contributed by atoms with Gasteiger partial charge < -0.3 is 5.73 Å². The van der Waals surface area contributed by atoms with Gasteiger partial charge in [0, 0.05) is 12.2 Å². The Kier molecular flexibility index (Phi) is 4.50. The first kappa shape index (κ1) is 11.9. The summed E-state index contributed by atoms with van der Waals surface area (Å²) >= 11 is 0. The first-order chi connectivity index (χ1) is 7.15. The number of rotatable bonds is 5. The molecule has 0 radical (unpaired) electrons. The third kappa shape index (κ3) is 3.48. The lowest BCUT2D eigenvalue weighted by Gasteiger charge is -2.14. The van der Waals surface area contributed by atoms with Crippen LogP contribution in [0.4, 0.5) is 0 Å². The largest absolute Gasteiger partial charge is 0.323 e. The molecule has 0 bridgehead atoms. The van der Waals surface area contributed by atoms with Gasteiger partial charge in [0.1, 0.15) is 0 Å². The first-order valence-electron chi connectivity index (χ1n) is 5.49. The quantitative estimate of drug-likeness (QED) is 0.749. The van der Waals surface area contributed by atoms with Crippen molar-refractivity contribution < 1.29 is 0 Å². The van der Waals surface area contributed by atoms with E-state index in [-0.39, 0.29) is 6.04 Å². The summed E-state index contributed by atoms with van der Waals surface area (Å²) in [6.07, 6.45) is 4.71. The number of nitrogens with zero attached hydrogens (tertiary/aromatic N) is 1. The summed E-state index contributed by atoms with van der Waals surface area (Å²) in [7, 11) is 0. The van der Waals surface area contributed by atoms with Gasteiger partial charge in [0.25, 0.3) is 0 Å². The average molecular weight is 204 g/mol. The molecule has 1 rings (SSSR count). The molecule has 82 valence electrons. The van der Waals surface area contributed by atoms with E-state index in [9.17, 15) is 0 Å². The van der Waals surface area contributed by atoms with Crippen LogP contribution < -0.4 is 5.73 Å². The lowest BCUT2D eigenvalue weighted by atomic mass is 10.0. The molecule has 1 atom stereocenters. The van der Waals surface area contributed by atoms with Crippen LogP contribution in [0.25, 0.3) is 0 Å². The molecule has 15 heavy (non-hydrogen) atoms. The highest BCUT2D eigenvalue weighted by atomic mass is 14.8. The molecule has 1 aromatic heterocycles. The van der Waals surface area contributed by atoms with E-state index < -0.39 is 0 Å². The fourth-order valence-corrected chi connectivity index (χ4v) is 1.62. The highest BCUT2D eigenvalue weighted by molar-refractivity contribution is 5.22. The van der Waals surface area contributed by atoms with Crippen molar-refractivity contribution in [1.82, 2.24) is 4.98 Å². The van der Waals surface area contributed by atoms with Gasteiger partial charge in [-0.1, -0.05) is 18.6 Å². The van der Waals surface area contributed by atoms with E-state index in [4.69, 9.17) is 5.73 Å². The Morgan fingerprint density at radius 3 is 2.93 bits per heavy atom. The highest BCUT2D eigenvalue weighted by Gasteiger charge is 2.10. The molecular weight excluding hydrogens is 184 g/mol. The molecule has 0 saturated heterocycles. The summed E-state index contributed by atoms with van der Waals surface area (Å²) in [5, 5.41) is 0. The minimum absolute atomic E-state index is 0.0397. The van der Waals surface area contributed by atoms with E-state index in [1.54, 1.807) is 0 Å². The van der Waals surface area contributed by atoms with E-state index in [1.165, 1.54) is 11.1 Å². The second kappa shape index (κ2) is 5.66. The van der Waals surface area contributed by atoms with Crippen LogP contribution in [-0.4, -0.2) is 4.98 Å². The van der Waals surface area contributed by atoms with Crippen LogP contribution in [0, 0.1) is 0 Å². The van der Waals surface area contributed by atoms with Crippen molar-refractivity contribution in [1.29, 1.82) is 0 Å². The predicted octanol–water partition coefficient (Wildman–Crippen LogP) is 3.00. The summed E-state index contributed by atoms with van der Waals surface area (Å²) < 4.78 is 0. The molecule has 1 unspecified atom stereocenters. The lowest BCUT2D eigenvalue weighted by Crippen LogP contribution is -2.14. The molecule has 0 saturated carbocycles. The molecule has 0 aliphatic heterocycles. The van der Waals surface area contributed by atoms with Crippen LogP contribution >= 0.6 is 0 Å². The number of nitrogens with two attached hydrogens (primary N) is 1. The van der Waals surface area contributed by atoms with Gasteiger partial charge in [-0.25, -0.2) is 0 Å². The van der Waals surface area contributed by atoms with E-state index in [1.807, 2.05) is 19.2 Å². The van der Waals surface area contributed by atoms with E-state index in [0.717, 1.165) is 25.0 Å². The Morgan fingerprint density at radius 2 is 2.33 bits per heavy atom. The zero-order valence-corrected chi connectivity index (χ0v) is 9.66. The molecule has 1 aromatic rings. The van der Waals surface area contributed by atoms with Crippen LogP contribution in [0.15, 0.2) is 30.5 Å². The molecular formula is C13H20N2. The summed E-state index contributed by atoms with van der Waals surface area (Å²) in [4.78, 5) is 4.37. The Balaban J connectivity index is 2.72. The molecule has 0 aliphatic rings. The summed E-state index contributed by atoms with van der Waals surface area (Å²) in [5.41, 5.74) is 9.60. The van der Waals surface area contributed by atoms with E-state index in [2.05, 4.69) is 24.6 Å². The Morgan fingerprint density at radius 1 is 1.60 bits per heavy atom. The topological polar surface area (TPSA) is 38.9 Å².